The normalized spacial score (nSPS) is 11.0. The van der Waals surface area contributed by atoms with Crippen molar-refractivity contribution < 1.29 is 9.13 Å². The summed E-state index contributed by atoms with van der Waals surface area (Å²) < 4.78 is 19.9. The molecule has 0 aliphatic rings. The van der Waals surface area contributed by atoms with Gasteiger partial charge in [-0.25, -0.2) is 4.39 Å². The van der Waals surface area contributed by atoms with Gasteiger partial charge in [-0.1, -0.05) is 60.1 Å². The van der Waals surface area contributed by atoms with Crippen molar-refractivity contribution in [1.82, 2.24) is 0 Å². The Labute approximate surface area is 156 Å². The summed E-state index contributed by atoms with van der Waals surface area (Å²) in [6.07, 6.45) is 1.63. The van der Waals surface area contributed by atoms with E-state index >= 15 is 0 Å². The van der Waals surface area contributed by atoms with Crippen LogP contribution in [0.15, 0.2) is 72.8 Å². The maximum absolute atomic E-state index is 14.0. The monoisotopic (exact) mass is 363 g/mol. The van der Waals surface area contributed by atoms with Gasteiger partial charge in [0.05, 0.1) is 11.6 Å². The lowest BCUT2D eigenvalue weighted by Gasteiger charge is -2.10. The molecule has 0 spiro atoms. The summed E-state index contributed by atoms with van der Waals surface area (Å²) in [4.78, 5) is 0. The number of benzene rings is 3. The van der Waals surface area contributed by atoms with Gasteiger partial charge in [0, 0.05) is 16.1 Å². The van der Waals surface area contributed by atoms with Crippen LogP contribution in [0.3, 0.4) is 0 Å². The SMILES string of the molecule is N#C/C(=C/c1ccccc1OCc1ccc(Cl)cc1)c1ccccc1F. The third-order valence-corrected chi connectivity index (χ3v) is 4.06. The number of para-hydroxylation sites is 1. The third-order valence-electron chi connectivity index (χ3n) is 3.81. The number of ether oxygens (including phenoxy) is 1. The summed E-state index contributed by atoms with van der Waals surface area (Å²) in [6.45, 7) is 0.365. The van der Waals surface area contributed by atoms with E-state index in [-0.39, 0.29) is 11.1 Å². The van der Waals surface area contributed by atoms with Gasteiger partial charge in [-0.15, -0.1) is 0 Å². The first-order valence-electron chi connectivity index (χ1n) is 8.00. The standard InChI is InChI=1S/C22H15ClFNO/c23-19-11-9-16(10-12-19)15-26-22-8-4-1-5-17(22)13-18(14-25)20-6-2-3-7-21(20)24/h1-13H,15H2/b18-13-. The highest BCUT2D eigenvalue weighted by Crippen LogP contribution is 2.26. The fourth-order valence-electron chi connectivity index (χ4n) is 2.48. The van der Waals surface area contributed by atoms with Gasteiger partial charge in [-0.2, -0.15) is 5.26 Å². The molecule has 0 unspecified atom stereocenters. The lowest BCUT2D eigenvalue weighted by molar-refractivity contribution is 0.305. The van der Waals surface area contributed by atoms with Gasteiger partial charge in [0.1, 0.15) is 18.2 Å². The molecule has 3 aromatic rings. The average molecular weight is 364 g/mol. The molecule has 0 bridgehead atoms. The Morgan fingerprint density at radius 2 is 1.69 bits per heavy atom. The van der Waals surface area contributed by atoms with Crippen molar-refractivity contribution in [3.63, 3.8) is 0 Å². The first-order valence-corrected chi connectivity index (χ1v) is 8.38. The quantitative estimate of drug-likeness (QED) is 0.404. The lowest BCUT2D eigenvalue weighted by atomic mass is 10.0. The molecule has 0 radical (unpaired) electrons. The molecule has 0 saturated heterocycles. The zero-order chi connectivity index (χ0) is 18.4. The first-order chi connectivity index (χ1) is 12.7. The molecule has 0 amide bonds. The van der Waals surface area contributed by atoms with Crippen LogP contribution in [0.1, 0.15) is 16.7 Å². The molecule has 0 aliphatic carbocycles. The Morgan fingerprint density at radius 1 is 1.00 bits per heavy atom. The highest BCUT2D eigenvalue weighted by Gasteiger charge is 2.09. The highest BCUT2D eigenvalue weighted by atomic mass is 35.5. The summed E-state index contributed by atoms with van der Waals surface area (Å²) in [5.41, 5.74) is 2.19. The van der Waals surface area contributed by atoms with Crippen LogP contribution in [0, 0.1) is 17.1 Å². The molecule has 3 aromatic carbocycles. The van der Waals surface area contributed by atoms with E-state index in [1.807, 2.05) is 36.4 Å². The van der Waals surface area contributed by atoms with Crippen LogP contribution in [0.4, 0.5) is 4.39 Å². The van der Waals surface area contributed by atoms with E-state index in [9.17, 15) is 9.65 Å². The Kier molecular flexibility index (Phi) is 5.68. The molecule has 3 rings (SSSR count). The Morgan fingerprint density at radius 3 is 2.42 bits per heavy atom. The molecule has 0 atom stereocenters. The minimum Gasteiger partial charge on any atom is -0.488 e. The fraction of sp³-hybridized carbons (Fsp3) is 0.0455. The van der Waals surface area contributed by atoms with Crippen molar-refractivity contribution in [3.8, 4) is 11.8 Å². The molecule has 0 aliphatic heterocycles. The van der Waals surface area contributed by atoms with Crippen LogP contribution in [0.5, 0.6) is 5.75 Å². The predicted octanol–water partition coefficient (Wildman–Crippen LogP) is 6.12. The second kappa shape index (κ2) is 8.33. The maximum atomic E-state index is 14.0. The summed E-state index contributed by atoms with van der Waals surface area (Å²) >= 11 is 5.89. The zero-order valence-electron chi connectivity index (χ0n) is 13.8. The maximum Gasteiger partial charge on any atom is 0.131 e. The molecular formula is C22H15ClFNO. The van der Waals surface area contributed by atoms with Gasteiger partial charge in [0.25, 0.3) is 0 Å². The van der Waals surface area contributed by atoms with Crippen molar-refractivity contribution in [2.24, 2.45) is 0 Å². The van der Waals surface area contributed by atoms with Crippen molar-refractivity contribution in [2.45, 2.75) is 6.61 Å². The number of halogens is 2. The summed E-state index contributed by atoms with van der Waals surface area (Å²) in [5.74, 6) is 0.186. The van der Waals surface area contributed by atoms with Crippen LogP contribution in [0.25, 0.3) is 11.6 Å². The van der Waals surface area contributed by atoms with Gasteiger partial charge in [0.2, 0.25) is 0 Å². The molecule has 0 aromatic heterocycles. The first kappa shape index (κ1) is 17.7. The molecule has 0 fully saturated rings. The van der Waals surface area contributed by atoms with E-state index in [0.29, 0.717) is 22.9 Å². The van der Waals surface area contributed by atoms with E-state index in [2.05, 4.69) is 6.07 Å². The third kappa shape index (κ3) is 4.30. The van der Waals surface area contributed by atoms with E-state index < -0.39 is 5.82 Å². The number of hydrogen-bond acceptors (Lipinski definition) is 2. The number of nitrogens with zero attached hydrogens (tertiary/aromatic N) is 1. The van der Waals surface area contributed by atoms with Crippen LogP contribution >= 0.6 is 11.6 Å². The largest absolute Gasteiger partial charge is 0.488 e. The fourth-order valence-corrected chi connectivity index (χ4v) is 2.60. The number of hydrogen-bond donors (Lipinski definition) is 0. The number of nitriles is 1. The predicted molar refractivity (Wildman–Crippen MR) is 102 cm³/mol. The molecule has 0 N–H and O–H groups in total. The Bertz CT molecular complexity index is 974. The van der Waals surface area contributed by atoms with Crippen LogP contribution in [0.2, 0.25) is 5.02 Å². The van der Waals surface area contributed by atoms with Gasteiger partial charge in [0.15, 0.2) is 0 Å². The highest BCUT2D eigenvalue weighted by molar-refractivity contribution is 6.30. The molecular weight excluding hydrogens is 349 g/mol. The Balaban J connectivity index is 1.87. The van der Waals surface area contributed by atoms with E-state index in [1.54, 1.807) is 36.4 Å². The van der Waals surface area contributed by atoms with Crippen LogP contribution in [-0.4, -0.2) is 0 Å². The van der Waals surface area contributed by atoms with Gasteiger partial charge >= 0.3 is 0 Å². The van der Waals surface area contributed by atoms with Crippen molar-refractivity contribution in [2.75, 3.05) is 0 Å². The van der Waals surface area contributed by atoms with E-state index in [0.717, 1.165) is 5.56 Å². The molecule has 4 heteroatoms. The zero-order valence-corrected chi connectivity index (χ0v) is 14.6. The molecule has 0 saturated carbocycles. The lowest BCUT2D eigenvalue weighted by Crippen LogP contribution is -1.97. The number of rotatable bonds is 5. The molecule has 26 heavy (non-hydrogen) atoms. The minimum absolute atomic E-state index is 0.241. The second-order valence-electron chi connectivity index (χ2n) is 5.60. The molecule has 2 nitrogen and oxygen atoms in total. The van der Waals surface area contributed by atoms with Gasteiger partial charge < -0.3 is 4.74 Å². The van der Waals surface area contributed by atoms with Crippen LogP contribution in [-0.2, 0) is 6.61 Å². The summed E-state index contributed by atoms with van der Waals surface area (Å²) in [6, 6.07) is 23.0. The van der Waals surface area contributed by atoms with E-state index in [1.165, 1.54) is 6.07 Å². The van der Waals surface area contributed by atoms with Gasteiger partial charge in [-0.3, -0.25) is 0 Å². The topological polar surface area (TPSA) is 33.0 Å². The van der Waals surface area contributed by atoms with Gasteiger partial charge in [-0.05, 0) is 35.9 Å². The smallest absolute Gasteiger partial charge is 0.131 e. The minimum atomic E-state index is -0.431. The summed E-state index contributed by atoms with van der Waals surface area (Å²) in [5, 5.41) is 10.1. The average Bonchev–Trinajstić information content (AvgIpc) is 2.67. The van der Waals surface area contributed by atoms with E-state index in [4.69, 9.17) is 16.3 Å². The molecule has 128 valence electrons. The number of allylic oxidation sites excluding steroid dienone is 1. The second-order valence-corrected chi connectivity index (χ2v) is 6.04. The van der Waals surface area contributed by atoms with Crippen LogP contribution < -0.4 is 4.74 Å². The van der Waals surface area contributed by atoms with Crippen molar-refractivity contribution >= 4 is 23.3 Å². The van der Waals surface area contributed by atoms with Crippen molar-refractivity contribution in [1.29, 1.82) is 5.26 Å². The Hall–Kier alpha value is -3.09. The summed E-state index contributed by atoms with van der Waals surface area (Å²) in [7, 11) is 0. The van der Waals surface area contributed by atoms with Crippen molar-refractivity contribution in [3.05, 3.63) is 100 Å². The molecule has 0 heterocycles.